The largest absolute Gasteiger partial charge is 0.394 e. The van der Waals surface area contributed by atoms with Gasteiger partial charge in [0.1, 0.15) is 12.4 Å². The third kappa shape index (κ3) is 7.27. The Morgan fingerprint density at radius 3 is 2.52 bits per heavy atom. The second-order valence-corrected chi connectivity index (χ2v) is 8.52. The van der Waals surface area contributed by atoms with Crippen LogP contribution in [0.2, 0.25) is 5.02 Å². The molecule has 1 atom stereocenters. The fraction of sp³-hybridized carbons (Fsp3) is 0.346. The van der Waals surface area contributed by atoms with Crippen molar-refractivity contribution >= 4 is 17.5 Å². The second kappa shape index (κ2) is 12.3. The van der Waals surface area contributed by atoms with Crippen LogP contribution in [0.3, 0.4) is 0 Å². The van der Waals surface area contributed by atoms with E-state index < -0.39 is 6.04 Å². The lowest BCUT2D eigenvalue weighted by atomic mass is 10.1. The summed E-state index contributed by atoms with van der Waals surface area (Å²) in [6.45, 7) is 1.78. The number of unbranched alkanes of at least 4 members (excludes halogenated alkanes) is 2. The van der Waals surface area contributed by atoms with E-state index in [2.05, 4.69) is 12.2 Å². The molecule has 0 aliphatic heterocycles. The summed E-state index contributed by atoms with van der Waals surface area (Å²) in [5.74, 6) is 0.254. The first-order valence-electron chi connectivity index (χ1n) is 11.3. The molecule has 0 aliphatic carbocycles. The highest BCUT2D eigenvalue weighted by Gasteiger charge is 2.16. The van der Waals surface area contributed by atoms with Gasteiger partial charge in [0.25, 0.3) is 5.56 Å². The van der Waals surface area contributed by atoms with Crippen LogP contribution in [-0.2, 0) is 24.2 Å². The Morgan fingerprint density at radius 2 is 1.85 bits per heavy atom. The van der Waals surface area contributed by atoms with Gasteiger partial charge in [-0.15, -0.1) is 0 Å². The Balaban J connectivity index is 1.80. The van der Waals surface area contributed by atoms with Crippen molar-refractivity contribution in [3.63, 3.8) is 0 Å². The van der Waals surface area contributed by atoms with Gasteiger partial charge >= 0.3 is 0 Å². The fourth-order valence-corrected chi connectivity index (χ4v) is 3.82. The molecule has 1 amide bonds. The smallest absolute Gasteiger partial charge is 0.254 e. The van der Waals surface area contributed by atoms with Crippen molar-refractivity contribution in [3.05, 3.63) is 87.4 Å². The molecule has 2 N–H and O–H groups in total. The average Bonchev–Trinajstić information content (AvgIpc) is 2.81. The number of amides is 1. The number of halogens is 1. The molecule has 7 heteroatoms. The number of nitrogens with zero attached hydrogens (tertiary/aromatic N) is 2. The summed E-state index contributed by atoms with van der Waals surface area (Å²) in [5.41, 5.74) is 2.11. The summed E-state index contributed by atoms with van der Waals surface area (Å²) in [4.78, 5) is 30.5. The summed E-state index contributed by atoms with van der Waals surface area (Å²) >= 11 is 5.98. The molecule has 33 heavy (non-hydrogen) atoms. The van der Waals surface area contributed by atoms with Gasteiger partial charge in [0, 0.05) is 23.1 Å². The second-order valence-electron chi connectivity index (χ2n) is 8.08. The van der Waals surface area contributed by atoms with Crippen molar-refractivity contribution in [1.82, 2.24) is 14.9 Å². The third-order valence-electron chi connectivity index (χ3n) is 5.44. The Kier molecular flexibility index (Phi) is 9.22. The number of aryl methyl sites for hydroxylation is 1. The quantitative estimate of drug-likeness (QED) is 0.417. The van der Waals surface area contributed by atoms with Crippen LogP contribution >= 0.6 is 11.6 Å². The normalized spacial score (nSPS) is 11.8. The molecule has 0 saturated heterocycles. The highest BCUT2D eigenvalue weighted by atomic mass is 35.5. The van der Waals surface area contributed by atoms with Gasteiger partial charge in [-0.25, -0.2) is 4.98 Å². The summed E-state index contributed by atoms with van der Waals surface area (Å²) in [5, 5.41) is 13.2. The van der Waals surface area contributed by atoms with Gasteiger partial charge in [-0.05, 0) is 30.5 Å². The highest BCUT2D eigenvalue weighted by molar-refractivity contribution is 6.30. The van der Waals surface area contributed by atoms with Gasteiger partial charge < -0.3 is 10.4 Å². The van der Waals surface area contributed by atoms with Crippen LogP contribution in [-0.4, -0.2) is 33.2 Å². The molecule has 0 radical (unpaired) electrons. The van der Waals surface area contributed by atoms with E-state index in [-0.39, 0.29) is 24.6 Å². The van der Waals surface area contributed by atoms with Gasteiger partial charge in [0.05, 0.1) is 18.3 Å². The van der Waals surface area contributed by atoms with Crippen molar-refractivity contribution in [1.29, 1.82) is 0 Å². The fourth-order valence-electron chi connectivity index (χ4n) is 3.69. The van der Waals surface area contributed by atoms with Crippen molar-refractivity contribution in [2.24, 2.45) is 0 Å². The van der Waals surface area contributed by atoms with E-state index in [0.29, 0.717) is 29.4 Å². The molecular formula is C26H30ClN3O3. The van der Waals surface area contributed by atoms with Crippen LogP contribution in [0.5, 0.6) is 0 Å². The number of carbonyl (C=O) groups is 1. The number of aliphatic hydroxyl groups excluding tert-OH is 1. The minimum Gasteiger partial charge on any atom is -0.394 e. The SMILES string of the molecule is CCCCCc1nc(-c2ccc(Cl)cc2)cc(=O)n1CC(=O)N[C@@H](CO)Cc1ccccc1. The van der Waals surface area contributed by atoms with E-state index in [0.717, 1.165) is 30.4 Å². The Hall–Kier alpha value is -2.96. The molecule has 0 unspecified atom stereocenters. The first-order valence-corrected chi connectivity index (χ1v) is 11.7. The first-order chi connectivity index (χ1) is 16.0. The zero-order valence-electron chi connectivity index (χ0n) is 18.8. The number of hydrogen-bond acceptors (Lipinski definition) is 4. The number of nitrogens with one attached hydrogen (secondary N) is 1. The third-order valence-corrected chi connectivity index (χ3v) is 5.70. The van der Waals surface area contributed by atoms with Crippen LogP contribution in [0.4, 0.5) is 0 Å². The van der Waals surface area contributed by atoms with E-state index in [1.165, 1.54) is 10.6 Å². The van der Waals surface area contributed by atoms with E-state index in [1.54, 1.807) is 12.1 Å². The minimum atomic E-state index is -0.430. The summed E-state index contributed by atoms with van der Waals surface area (Å²) in [7, 11) is 0. The van der Waals surface area contributed by atoms with E-state index in [4.69, 9.17) is 16.6 Å². The highest BCUT2D eigenvalue weighted by Crippen LogP contribution is 2.19. The Bertz CT molecular complexity index is 1100. The lowest BCUT2D eigenvalue weighted by molar-refractivity contribution is -0.122. The van der Waals surface area contributed by atoms with Gasteiger partial charge in [-0.3, -0.25) is 14.2 Å². The zero-order valence-corrected chi connectivity index (χ0v) is 19.6. The van der Waals surface area contributed by atoms with Gasteiger partial charge in [0.2, 0.25) is 5.91 Å². The molecule has 0 aliphatic rings. The van der Waals surface area contributed by atoms with Gasteiger partial charge in [0.15, 0.2) is 0 Å². The molecule has 3 aromatic rings. The topological polar surface area (TPSA) is 84.2 Å². The maximum absolute atomic E-state index is 13.0. The molecule has 0 spiro atoms. The minimum absolute atomic E-state index is 0.139. The van der Waals surface area contributed by atoms with E-state index in [9.17, 15) is 14.7 Å². The van der Waals surface area contributed by atoms with Crippen LogP contribution < -0.4 is 10.9 Å². The number of benzene rings is 2. The molecular weight excluding hydrogens is 438 g/mol. The molecule has 2 aromatic carbocycles. The predicted molar refractivity (Wildman–Crippen MR) is 131 cm³/mol. The molecule has 0 saturated carbocycles. The number of aliphatic hydroxyl groups is 1. The first kappa shape index (κ1) is 24.7. The van der Waals surface area contributed by atoms with Crippen molar-refractivity contribution < 1.29 is 9.90 Å². The van der Waals surface area contributed by atoms with E-state index in [1.807, 2.05) is 42.5 Å². The van der Waals surface area contributed by atoms with Crippen molar-refractivity contribution in [3.8, 4) is 11.3 Å². The zero-order chi connectivity index (χ0) is 23.6. The van der Waals surface area contributed by atoms with E-state index >= 15 is 0 Å². The molecule has 1 heterocycles. The number of aromatic nitrogens is 2. The lowest BCUT2D eigenvalue weighted by Gasteiger charge is -2.18. The van der Waals surface area contributed by atoms with Crippen LogP contribution in [0, 0.1) is 0 Å². The Morgan fingerprint density at radius 1 is 1.12 bits per heavy atom. The maximum atomic E-state index is 13.0. The molecule has 6 nitrogen and oxygen atoms in total. The lowest BCUT2D eigenvalue weighted by Crippen LogP contribution is -2.42. The average molecular weight is 468 g/mol. The number of rotatable bonds is 11. The Labute approximate surface area is 199 Å². The molecule has 1 aromatic heterocycles. The van der Waals surface area contributed by atoms with Crippen LogP contribution in [0.15, 0.2) is 65.5 Å². The summed E-state index contributed by atoms with van der Waals surface area (Å²) < 4.78 is 1.43. The predicted octanol–water partition coefficient (Wildman–Crippen LogP) is 4.02. The maximum Gasteiger partial charge on any atom is 0.254 e. The molecule has 0 fully saturated rings. The van der Waals surface area contributed by atoms with Crippen LogP contribution in [0.25, 0.3) is 11.3 Å². The molecule has 174 valence electrons. The number of hydrogen-bond donors (Lipinski definition) is 2. The number of carbonyl (C=O) groups excluding carboxylic acids is 1. The van der Waals surface area contributed by atoms with Gasteiger partial charge in [-0.1, -0.05) is 73.8 Å². The summed E-state index contributed by atoms with van der Waals surface area (Å²) in [6, 6.07) is 17.8. The van der Waals surface area contributed by atoms with Crippen LogP contribution in [0.1, 0.15) is 37.6 Å². The summed E-state index contributed by atoms with van der Waals surface area (Å²) in [6.07, 6.45) is 4.04. The standard InChI is InChI=1S/C26H30ClN3O3/c1-2-3-5-10-24-29-23(20-11-13-21(27)14-12-20)16-26(33)30(24)17-25(32)28-22(18-31)15-19-8-6-4-7-9-19/h4,6-9,11-14,16,22,31H,2-3,5,10,15,17-18H2,1H3,(H,28,32)/t22-/m1/s1. The monoisotopic (exact) mass is 467 g/mol. The van der Waals surface area contributed by atoms with Gasteiger partial charge in [-0.2, -0.15) is 0 Å². The van der Waals surface area contributed by atoms with Crippen molar-refractivity contribution in [2.45, 2.75) is 51.6 Å². The van der Waals surface area contributed by atoms with Crippen molar-refractivity contribution in [2.75, 3.05) is 6.61 Å². The molecule has 0 bridgehead atoms. The molecule has 3 rings (SSSR count).